The molecule has 0 aliphatic rings. The van der Waals surface area contributed by atoms with Crippen LogP contribution in [0.3, 0.4) is 0 Å². The summed E-state index contributed by atoms with van der Waals surface area (Å²) in [6.45, 7) is 0. The molecule has 0 aliphatic carbocycles. The Morgan fingerprint density at radius 2 is 2.00 bits per heavy atom. The van der Waals surface area contributed by atoms with E-state index in [9.17, 15) is 4.79 Å². The summed E-state index contributed by atoms with van der Waals surface area (Å²) in [5.41, 5.74) is 5.17. The Bertz CT molecular complexity index is 284. The summed E-state index contributed by atoms with van der Waals surface area (Å²) in [6.07, 6.45) is -1.13. The van der Waals surface area contributed by atoms with Gasteiger partial charge in [0.2, 0.25) is 0 Å². The highest BCUT2D eigenvalue weighted by molar-refractivity contribution is 5.66. The average Bonchev–Trinajstić information content (AvgIpc) is 2.15. The fraction of sp³-hybridized carbons (Fsp3) is 0.125. The van der Waals surface area contributed by atoms with Crippen LogP contribution in [0.1, 0.15) is 0 Å². The maximum absolute atomic E-state index is 10.1. The SMILES string of the molecule is COc1ccc(NNC(=O)O)cc1. The number of ether oxygens (including phenoxy) is 1. The Hall–Kier alpha value is -1.91. The van der Waals surface area contributed by atoms with Gasteiger partial charge in [-0.05, 0) is 24.3 Å². The highest BCUT2D eigenvalue weighted by atomic mass is 16.5. The van der Waals surface area contributed by atoms with Crippen molar-refractivity contribution in [2.75, 3.05) is 12.5 Å². The number of amides is 1. The lowest BCUT2D eigenvalue weighted by Crippen LogP contribution is -2.27. The number of anilines is 1. The summed E-state index contributed by atoms with van der Waals surface area (Å²) >= 11 is 0. The van der Waals surface area contributed by atoms with Crippen LogP contribution < -0.4 is 15.6 Å². The second kappa shape index (κ2) is 4.20. The molecule has 0 heterocycles. The zero-order valence-electron chi connectivity index (χ0n) is 7.07. The molecular formula is C8H10N2O3. The third-order valence-electron chi connectivity index (χ3n) is 1.40. The lowest BCUT2D eigenvalue weighted by Gasteiger charge is -2.05. The molecule has 0 aliphatic heterocycles. The first-order valence-corrected chi connectivity index (χ1v) is 3.61. The van der Waals surface area contributed by atoms with Gasteiger partial charge in [0.15, 0.2) is 0 Å². The maximum Gasteiger partial charge on any atom is 0.423 e. The molecule has 1 aromatic rings. The molecule has 1 rings (SSSR count). The van der Waals surface area contributed by atoms with Crippen LogP contribution in [0.25, 0.3) is 0 Å². The van der Waals surface area contributed by atoms with E-state index in [4.69, 9.17) is 9.84 Å². The number of hydrazine groups is 1. The third kappa shape index (κ3) is 2.90. The molecule has 0 spiro atoms. The minimum atomic E-state index is -1.13. The van der Waals surface area contributed by atoms with Crippen LogP contribution in [0, 0.1) is 0 Å². The van der Waals surface area contributed by atoms with Gasteiger partial charge in [-0.3, -0.25) is 5.43 Å². The molecule has 0 radical (unpaired) electrons. The molecule has 1 aromatic carbocycles. The van der Waals surface area contributed by atoms with Crippen LogP contribution in [0.2, 0.25) is 0 Å². The Morgan fingerprint density at radius 1 is 1.38 bits per heavy atom. The molecule has 70 valence electrons. The fourth-order valence-electron chi connectivity index (χ4n) is 0.800. The lowest BCUT2D eigenvalue weighted by atomic mass is 10.3. The maximum atomic E-state index is 10.1. The Morgan fingerprint density at radius 3 is 2.46 bits per heavy atom. The van der Waals surface area contributed by atoms with E-state index in [2.05, 4.69) is 5.43 Å². The molecule has 3 N–H and O–H groups in total. The molecular weight excluding hydrogens is 172 g/mol. The molecule has 0 saturated carbocycles. The minimum Gasteiger partial charge on any atom is -0.497 e. The largest absolute Gasteiger partial charge is 0.497 e. The standard InChI is InChI=1S/C8H10N2O3/c1-13-7-4-2-6(3-5-7)9-10-8(11)12/h2-5,9-10H,1H3,(H,11,12). The highest BCUT2D eigenvalue weighted by Gasteiger charge is 1.94. The van der Waals surface area contributed by atoms with Crippen LogP contribution in [-0.2, 0) is 0 Å². The summed E-state index contributed by atoms with van der Waals surface area (Å²) in [6, 6.07) is 6.86. The van der Waals surface area contributed by atoms with Crippen molar-refractivity contribution in [2.24, 2.45) is 0 Å². The van der Waals surface area contributed by atoms with Crippen molar-refractivity contribution < 1.29 is 14.6 Å². The number of methoxy groups -OCH3 is 1. The lowest BCUT2D eigenvalue weighted by molar-refractivity contribution is 0.197. The zero-order chi connectivity index (χ0) is 9.68. The molecule has 0 bridgehead atoms. The van der Waals surface area contributed by atoms with E-state index < -0.39 is 6.09 Å². The van der Waals surface area contributed by atoms with Gasteiger partial charge in [-0.1, -0.05) is 0 Å². The fourth-order valence-corrected chi connectivity index (χ4v) is 0.800. The Balaban J connectivity index is 2.54. The van der Waals surface area contributed by atoms with Crippen molar-refractivity contribution in [2.45, 2.75) is 0 Å². The van der Waals surface area contributed by atoms with Gasteiger partial charge in [0, 0.05) is 0 Å². The third-order valence-corrected chi connectivity index (χ3v) is 1.40. The van der Waals surface area contributed by atoms with Crippen LogP contribution in [0.4, 0.5) is 10.5 Å². The first-order valence-electron chi connectivity index (χ1n) is 3.61. The van der Waals surface area contributed by atoms with Gasteiger partial charge in [-0.15, -0.1) is 0 Å². The molecule has 0 aromatic heterocycles. The Kier molecular flexibility index (Phi) is 2.97. The first kappa shape index (κ1) is 9.18. The summed E-state index contributed by atoms with van der Waals surface area (Å²) in [7, 11) is 1.57. The van der Waals surface area contributed by atoms with E-state index in [1.807, 2.05) is 5.43 Å². The number of carbonyl (C=O) groups is 1. The normalized spacial score (nSPS) is 9.00. The minimum absolute atomic E-state index is 0.656. The van der Waals surface area contributed by atoms with Crippen molar-refractivity contribution in [3.8, 4) is 5.75 Å². The van der Waals surface area contributed by atoms with Gasteiger partial charge in [-0.25, -0.2) is 10.2 Å². The summed E-state index contributed by atoms with van der Waals surface area (Å²) in [5, 5.41) is 8.28. The number of hydrogen-bond donors (Lipinski definition) is 3. The van der Waals surface area contributed by atoms with Gasteiger partial charge in [0.1, 0.15) is 5.75 Å². The van der Waals surface area contributed by atoms with Crippen LogP contribution in [-0.4, -0.2) is 18.3 Å². The van der Waals surface area contributed by atoms with E-state index in [1.54, 1.807) is 31.4 Å². The van der Waals surface area contributed by atoms with Crippen molar-refractivity contribution in [1.29, 1.82) is 0 Å². The van der Waals surface area contributed by atoms with E-state index in [0.717, 1.165) is 5.75 Å². The predicted molar refractivity (Wildman–Crippen MR) is 47.8 cm³/mol. The first-order chi connectivity index (χ1) is 6.22. The second-order valence-electron chi connectivity index (χ2n) is 2.28. The quantitative estimate of drug-likeness (QED) is 0.616. The van der Waals surface area contributed by atoms with E-state index in [0.29, 0.717) is 5.69 Å². The van der Waals surface area contributed by atoms with Crippen molar-refractivity contribution in [3.05, 3.63) is 24.3 Å². The molecule has 0 unspecified atom stereocenters. The van der Waals surface area contributed by atoms with Crippen LogP contribution in [0.15, 0.2) is 24.3 Å². The van der Waals surface area contributed by atoms with E-state index >= 15 is 0 Å². The predicted octanol–water partition coefficient (Wildman–Crippen LogP) is 1.29. The van der Waals surface area contributed by atoms with Gasteiger partial charge in [0.25, 0.3) is 0 Å². The van der Waals surface area contributed by atoms with E-state index in [-0.39, 0.29) is 0 Å². The zero-order valence-corrected chi connectivity index (χ0v) is 7.07. The average molecular weight is 182 g/mol. The molecule has 0 saturated heterocycles. The molecule has 1 amide bonds. The number of carboxylic acid groups (broad SMARTS) is 1. The van der Waals surface area contributed by atoms with Crippen LogP contribution >= 0.6 is 0 Å². The molecule has 13 heavy (non-hydrogen) atoms. The highest BCUT2D eigenvalue weighted by Crippen LogP contribution is 2.13. The molecule has 0 atom stereocenters. The van der Waals surface area contributed by atoms with Gasteiger partial charge >= 0.3 is 6.09 Å². The topological polar surface area (TPSA) is 70.6 Å². The van der Waals surface area contributed by atoms with Gasteiger partial charge in [0.05, 0.1) is 12.8 Å². The number of nitrogens with one attached hydrogen (secondary N) is 2. The summed E-state index contributed by atoms with van der Waals surface area (Å²) < 4.78 is 4.93. The number of rotatable bonds is 3. The smallest absolute Gasteiger partial charge is 0.423 e. The second-order valence-corrected chi connectivity index (χ2v) is 2.28. The summed E-state index contributed by atoms with van der Waals surface area (Å²) in [5.74, 6) is 0.723. The van der Waals surface area contributed by atoms with Gasteiger partial charge < -0.3 is 9.84 Å². The summed E-state index contributed by atoms with van der Waals surface area (Å²) in [4.78, 5) is 10.1. The number of benzene rings is 1. The molecule has 0 fully saturated rings. The van der Waals surface area contributed by atoms with Crippen LogP contribution in [0.5, 0.6) is 5.75 Å². The molecule has 5 nitrogen and oxygen atoms in total. The van der Waals surface area contributed by atoms with Gasteiger partial charge in [-0.2, -0.15) is 0 Å². The monoisotopic (exact) mass is 182 g/mol. The number of hydrogen-bond acceptors (Lipinski definition) is 3. The van der Waals surface area contributed by atoms with Crippen molar-refractivity contribution in [1.82, 2.24) is 5.43 Å². The van der Waals surface area contributed by atoms with Crippen molar-refractivity contribution >= 4 is 11.8 Å². The van der Waals surface area contributed by atoms with E-state index in [1.165, 1.54) is 0 Å². The van der Waals surface area contributed by atoms with Crippen molar-refractivity contribution in [3.63, 3.8) is 0 Å². The molecule has 5 heteroatoms. The Labute approximate surface area is 75.3 Å².